The van der Waals surface area contributed by atoms with Crippen LogP contribution in [0.1, 0.15) is 28.7 Å². The van der Waals surface area contributed by atoms with Crippen LogP contribution >= 0.6 is 0 Å². The van der Waals surface area contributed by atoms with Gasteiger partial charge in [0.05, 0.1) is 0 Å². The Morgan fingerprint density at radius 2 is 1.50 bits per heavy atom. The number of hydrogen-bond acceptors (Lipinski definition) is 4. The molecule has 6 N–H and O–H groups in total. The first kappa shape index (κ1) is 19.5. The van der Waals surface area contributed by atoms with Crippen molar-refractivity contribution >= 4 is 11.5 Å². The summed E-state index contributed by atoms with van der Waals surface area (Å²) in [5.41, 5.74) is 8.75. The van der Waals surface area contributed by atoms with Gasteiger partial charge in [-0.2, -0.15) is 5.10 Å². The molecule has 0 radical (unpaired) electrons. The fourth-order valence-corrected chi connectivity index (χ4v) is 3.11. The van der Waals surface area contributed by atoms with Gasteiger partial charge in [-0.25, -0.2) is 5.84 Å². The zero-order chi connectivity index (χ0) is 19.6. The highest BCUT2D eigenvalue weighted by atomic mass is 15.3. The van der Waals surface area contributed by atoms with Crippen LogP contribution in [0.4, 0.5) is 5.69 Å². The van der Waals surface area contributed by atoms with Gasteiger partial charge in [0.25, 0.3) is 0 Å². The summed E-state index contributed by atoms with van der Waals surface area (Å²) in [5, 5.41) is 7.09. The molecule has 0 saturated heterocycles. The van der Waals surface area contributed by atoms with E-state index in [0.717, 1.165) is 25.1 Å². The Hall–Kier alpha value is -3.31. The van der Waals surface area contributed by atoms with E-state index in [-0.39, 0.29) is 0 Å². The Morgan fingerprint density at radius 1 is 0.786 bits per heavy atom. The summed E-state index contributed by atoms with van der Waals surface area (Å²) in [4.78, 5) is 0. The smallest absolute Gasteiger partial charge is 0.136 e. The fourth-order valence-electron chi connectivity index (χ4n) is 3.11. The van der Waals surface area contributed by atoms with E-state index in [0.29, 0.717) is 12.3 Å². The number of nitrogens with two attached hydrogens (primary N) is 2. The van der Waals surface area contributed by atoms with Crippen molar-refractivity contribution in [3.05, 3.63) is 101 Å². The van der Waals surface area contributed by atoms with Crippen molar-refractivity contribution in [3.8, 4) is 0 Å². The lowest BCUT2D eigenvalue weighted by molar-refractivity contribution is 0.912. The minimum atomic E-state index is 0.595. The standard InChI is InChI=1S/C23H27N5/c24-27-23(28-25)14-11-18-9-12-22(13-10-18)26-17-21-8-4-7-20(16-21)15-19-5-2-1-3-6-19/h1-10,12-13,16,26H,11,14-15,17,24-25H2,(H,27,28). The lowest BCUT2D eigenvalue weighted by Crippen LogP contribution is -2.31. The minimum Gasteiger partial charge on any atom is -0.381 e. The molecule has 0 aromatic heterocycles. The Labute approximate surface area is 166 Å². The first-order chi connectivity index (χ1) is 13.8. The van der Waals surface area contributed by atoms with Crippen LogP contribution in [0, 0.1) is 0 Å². The van der Waals surface area contributed by atoms with Crippen molar-refractivity contribution in [2.24, 2.45) is 16.8 Å². The van der Waals surface area contributed by atoms with Gasteiger partial charge < -0.3 is 16.6 Å². The molecule has 0 heterocycles. The molecular weight excluding hydrogens is 346 g/mol. The van der Waals surface area contributed by atoms with E-state index in [4.69, 9.17) is 11.7 Å². The number of anilines is 1. The third-order valence-electron chi connectivity index (χ3n) is 4.67. The van der Waals surface area contributed by atoms with Crippen LogP contribution in [0.3, 0.4) is 0 Å². The molecule has 0 aliphatic heterocycles. The van der Waals surface area contributed by atoms with Crippen LogP contribution in [0.15, 0.2) is 84.0 Å². The summed E-state index contributed by atoms with van der Waals surface area (Å²) in [6.45, 7) is 0.795. The van der Waals surface area contributed by atoms with Crippen LogP contribution < -0.4 is 22.4 Å². The second-order valence-corrected chi connectivity index (χ2v) is 6.75. The van der Waals surface area contributed by atoms with Crippen LogP contribution in [-0.2, 0) is 19.4 Å². The van der Waals surface area contributed by atoms with Gasteiger partial charge in [-0.1, -0.05) is 66.7 Å². The molecule has 0 saturated carbocycles. The molecule has 3 rings (SSSR count). The first-order valence-corrected chi connectivity index (χ1v) is 9.45. The monoisotopic (exact) mass is 373 g/mol. The van der Waals surface area contributed by atoms with Gasteiger partial charge in [-0.05, 0) is 47.2 Å². The van der Waals surface area contributed by atoms with Crippen LogP contribution in [0.2, 0.25) is 0 Å². The van der Waals surface area contributed by atoms with Gasteiger partial charge in [0, 0.05) is 18.7 Å². The quantitative estimate of drug-likeness (QED) is 0.210. The van der Waals surface area contributed by atoms with Crippen molar-refractivity contribution in [1.82, 2.24) is 5.43 Å². The van der Waals surface area contributed by atoms with E-state index in [1.807, 2.05) is 0 Å². The summed E-state index contributed by atoms with van der Waals surface area (Å²) in [5.74, 6) is 11.2. The number of nitrogens with one attached hydrogen (secondary N) is 2. The zero-order valence-corrected chi connectivity index (χ0v) is 15.9. The molecule has 0 aliphatic rings. The number of benzene rings is 3. The van der Waals surface area contributed by atoms with Gasteiger partial charge in [-0.3, -0.25) is 0 Å². The van der Waals surface area contributed by atoms with Gasteiger partial charge in [0.2, 0.25) is 0 Å². The lowest BCUT2D eigenvalue weighted by atomic mass is 10.0. The van der Waals surface area contributed by atoms with Crippen LogP contribution in [0.25, 0.3) is 0 Å². The molecular formula is C23H27N5. The molecule has 5 nitrogen and oxygen atoms in total. The highest BCUT2D eigenvalue weighted by Crippen LogP contribution is 2.15. The van der Waals surface area contributed by atoms with E-state index >= 15 is 0 Å². The van der Waals surface area contributed by atoms with Crippen molar-refractivity contribution in [2.45, 2.75) is 25.8 Å². The lowest BCUT2D eigenvalue weighted by Gasteiger charge is -2.10. The number of hydrazone groups is 1. The highest BCUT2D eigenvalue weighted by Gasteiger charge is 2.01. The van der Waals surface area contributed by atoms with Crippen LogP contribution in [-0.4, -0.2) is 5.84 Å². The van der Waals surface area contributed by atoms with Gasteiger partial charge in [0.15, 0.2) is 0 Å². The third-order valence-corrected chi connectivity index (χ3v) is 4.67. The van der Waals surface area contributed by atoms with E-state index in [9.17, 15) is 0 Å². The van der Waals surface area contributed by atoms with Crippen molar-refractivity contribution in [3.63, 3.8) is 0 Å². The van der Waals surface area contributed by atoms with Crippen molar-refractivity contribution in [2.75, 3.05) is 5.32 Å². The normalized spacial score (nSPS) is 11.2. The Kier molecular flexibility index (Phi) is 7.04. The number of hydrogen-bond donors (Lipinski definition) is 4. The molecule has 0 amide bonds. The maximum atomic E-state index is 5.35. The molecule has 0 atom stereocenters. The van der Waals surface area contributed by atoms with Gasteiger partial charge in [-0.15, -0.1) is 0 Å². The zero-order valence-electron chi connectivity index (χ0n) is 15.9. The third kappa shape index (κ3) is 5.86. The first-order valence-electron chi connectivity index (χ1n) is 9.45. The molecule has 0 unspecified atom stereocenters. The fraction of sp³-hybridized carbons (Fsp3) is 0.174. The van der Waals surface area contributed by atoms with E-state index < -0.39 is 0 Å². The predicted molar refractivity (Wildman–Crippen MR) is 117 cm³/mol. The maximum Gasteiger partial charge on any atom is 0.136 e. The molecule has 5 heteroatoms. The molecule has 0 aliphatic carbocycles. The minimum absolute atomic E-state index is 0.595. The Balaban J connectivity index is 1.53. The van der Waals surface area contributed by atoms with Crippen molar-refractivity contribution < 1.29 is 0 Å². The Bertz CT molecular complexity index is 888. The van der Waals surface area contributed by atoms with E-state index in [1.165, 1.54) is 22.3 Å². The second kappa shape index (κ2) is 10.1. The SMILES string of the molecule is N/N=C(/CCc1ccc(NCc2cccc(Cc3ccccc3)c2)cc1)NN. The highest BCUT2D eigenvalue weighted by molar-refractivity contribution is 5.81. The number of rotatable bonds is 8. The van der Waals surface area contributed by atoms with E-state index in [2.05, 4.69) is 94.7 Å². The summed E-state index contributed by atoms with van der Waals surface area (Å²) in [7, 11) is 0. The van der Waals surface area contributed by atoms with Crippen molar-refractivity contribution in [1.29, 1.82) is 0 Å². The number of hydrazine groups is 1. The molecule has 3 aromatic carbocycles. The molecule has 0 fully saturated rings. The molecule has 144 valence electrons. The number of aryl methyl sites for hydroxylation is 1. The second-order valence-electron chi connectivity index (χ2n) is 6.75. The molecule has 28 heavy (non-hydrogen) atoms. The van der Waals surface area contributed by atoms with Gasteiger partial charge >= 0.3 is 0 Å². The summed E-state index contributed by atoms with van der Waals surface area (Å²) >= 11 is 0. The maximum absolute atomic E-state index is 5.35. The Morgan fingerprint density at radius 3 is 2.21 bits per heavy atom. The number of amidine groups is 1. The van der Waals surface area contributed by atoms with E-state index in [1.54, 1.807) is 0 Å². The molecule has 3 aromatic rings. The largest absolute Gasteiger partial charge is 0.381 e. The van der Waals surface area contributed by atoms with Crippen LogP contribution in [0.5, 0.6) is 0 Å². The summed E-state index contributed by atoms with van der Waals surface area (Å²) in [6.07, 6.45) is 2.48. The summed E-state index contributed by atoms with van der Waals surface area (Å²) < 4.78 is 0. The predicted octanol–water partition coefficient (Wildman–Crippen LogP) is 3.56. The number of nitrogens with zero attached hydrogens (tertiary/aromatic N) is 1. The molecule has 0 spiro atoms. The topological polar surface area (TPSA) is 88.5 Å². The average Bonchev–Trinajstić information content (AvgIpc) is 2.75. The molecule has 0 bridgehead atoms. The van der Waals surface area contributed by atoms with Gasteiger partial charge in [0.1, 0.15) is 5.84 Å². The average molecular weight is 374 g/mol. The summed E-state index contributed by atoms with van der Waals surface area (Å²) in [6, 6.07) is 27.7.